The molecule has 1 atom stereocenters. The van der Waals surface area contributed by atoms with Crippen molar-refractivity contribution in [2.45, 2.75) is 32.2 Å². The molecule has 1 aromatic rings. The smallest absolute Gasteiger partial charge is 0.0974 e. The molecule has 0 N–H and O–H groups in total. The molecule has 0 aliphatic carbocycles. The maximum absolute atomic E-state index is 5.97. The minimum Gasteiger partial charge on any atom is -0.286 e. The summed E-state index contributed by atoms with van der Waals surface area (Å²) < 4.78 is 0. The van der Waals surface area contributed by atoms with Crippen molar-refractivity contribution in [2.75, 3.05) is 13.1 Å². The van der Waals surface area contributed by atoms with E-state index in [1.165, 1.54) is 24.8 Å². The lowest BCUT2D eigenvalue weighted by Gasteiger charge is -2.31. The van der Waals surface area contributed by atoms with Gasteiger partial charge < -0.3 is 0 Å². The van der Waals surface area contributed by atoms with E-state index >= 15 is 0 Å². The van der Waals surface area contributed by atoms with Crippen molar-refractivity contribution in [1.82, 2.24) is 4.90 Å². The lowest BCUT2D eigenvalue weighted by atomic mass is 10.0. The molecule has 1 aliphatic rings. The Morgan fingerprint density at radius 1 is 1.21 bits per heavy atom. The maximum atomic E-state index is 5.97. The predicted octanol–water partition coefficient (Wildman–Crippen LogP) is 4.45. The summed E-state index contributed by atoms with van der Waals surface area (Å²) >= 11 is 5.97. The van der Waals surface area contributed by atoms with Crippen LogP contribution in [0.2, 0.25) is 5.02 Å². The molecule has 0 bridgehead atoms. The van der Waals surface area contributed by atoms with Crippen LogP contribution in [0.4, 0.5) is 0 Å². The zero-order valence-electron chi connectivity index (χ0n) is 11.5. The second-order valence-corrected chi connectivity index (χ2v) is 5.54. The average molecular weight is 274 g/mol. The molecule has 0 aromatic heterocycles. The average Bonchev–Trinajstić information content (AvgIpc) is 2.42. The highest BCUT2D eigenvalue weighted by Gasteiger charge is 2.20. The molecule has 1 fully saturated rings. The van der Waals surface area contributed by atoms with Crippen molar-refractivity contribution in [1.29, 1.82) is 0 Å². The summed E-state index contributed by atoms with van der Waals surface area (Å²) in [6.45, 7) is 8.06. The van der Waals surface area contributed by atoms with E-state index in [4.69, 9.17) is 11.6 Å². The van der Waals surface area contributed by atoms with Gasteiger partial charge in [-0.15, -0.1) is 0 Å². The summed E-state index contributed by atoms with van der Waals surface area (Å²) in [5.41, 5.74) is 2.14. The maximum Gasteiger partial charge on any atom is 0.0974 e. The second-order valence-electron chi connectivity index (χ2n) is 5.10. The Hall–Kier alpha value is -1.23. The first-order valence-corrected chi connectivity index (χ1v) is 7.21. The van der Waals surface area contributed by atoms with Crippen molar-refractivity contribution in [2.24, 2.45) is 0 Å². The van der Waals surface area contributed by atoms with E-state index in [1.54, 1.807) is 0 Å². The van der Waals surface area contributed by atoms with Gasteiger partial charge in [0.15, 0.2) is 0 Å². The highest BCUT2D eigenvalue weighted by Crippen LogP contribution is 2.25. The fourth-order valence-electron chi connectivity index (χ4n) is 2.40. The van der Waals surface area contributed by atoms with Crippen LogP contribution in [0.1, 0.15) is 37.8 Å². The highest BCUT2D eigenvalue weighted by molar-refractivity contribution is 6.30. The molecule has 1 unspecified atom stereocenters. The van der Waals surface area contributed by atoms with Gasteiger partial charge in [0.1, 0.15) is 0 Å². The van der Waals surface area contributed by atoms with Crippen LogP contribution >= 0.6 is 11.6 Å². The molecule has 100 valence electrons. The normalized spacial score (nSPS) is 17.4. The fraction of sp³-hybridized carbons (Fsp3) is 0.412. The van der Waals surface area contributed by atoms with E-state index in [0.29, 0.717) is 0 Å². The molecule has 0 saturated carbocycles. The third-order valence-corrected chi connectivity index (χ3v) is 3.62. The van der Waals surface area contributed by atoms with Crippen LogP contribution in [0, 0.1) is 11.8 Å². The third-order valence-electron chi connectivity index (χ3n) is 3.36. The monoisotopic (exact) mass is 273 g/mol. The lowest BCUT2D eigenvalue weighted by Crippen LogP contribution is -2.33. The SMILES string of the molecule is C=C(C)C#CC(c1ccc(Cl)cc1)N1CCCCC1. The number of piperidine rings is 1. The Balaban J connectivity index is 2.25. The van der Waals surface area contributed by atoms with Crippen molar-refractivity contribution in [3.05, 3.63) is 47.0 Å². The van der Waals surface area contributed by atoms with Gasteiger partial charge in [-0.1, -0.05) is 48.6 Å². The Morgan fingerprint density at radius 2 is 1.84 bits per heavy atom. The number of hydrogen-bond donors (Lipinski definition) is 0. The summed E-state index contributed by atoms with van der Waals surface area (Å²) in [6, 6.07) is 8.20. The van der Waals surface area contributed by atoms with Gasteiger partial charge in [0, 0.05) is 5.02 Å². The molecule has 1 aromatic carbocycles. The molecular formula is C17H20ClN. The van der Waals surface area contributed by atoms with E-state index in [0.717, 1.165) is 23.7 Å². The molecule has 19 heavy (non-hydrogen) atoms. The van der Waals surface area contributed by atoms with Crippen molar-refractivity contribution >= 4 is 11.6 Å². The molecule has 1 nitrogen and oxygen atoms in total. The topological polar surface area (TPSA) is 3.24 Å². The van der Waals surface area contributed by atoms with Gasteiger partial charge in [0.2, 0.25) is 0 Å². The van der Waals surface area contributed by atoms with Gasteiger partial charge in [-0.25, -0.2) is 0 Å². The Labute approximate surface area is 121 Å². The highest BCUT2D eigenvalue weighted by atomic mass is 35.5. The predicted molar refractivity (Wildman–Crippen MR) is 82.2 cm³/mol. The van der Waals surface area contributed by atoms with Gasteiger partial charge in [0.05, 0.1) is 6.04 Å². The zero-order valence-corrected chi connectivity index (χ0v) is 12.2. The van der Waals surface area contributed by atoms with Crippen molar-refractivity contribution in [3.8, 4) is 11.8 Å². The van der Waals surface area contributed by atoms with Crippen molar-refractivity contribution < 1.29 is 0 Å². The Kier molecular flexibility index (Phi) is 5.07. The van der Waals surface area contributed by atoms with Crippen molar-refractivity contribution in [3.63, 3.8) is 0 Å². The van der Waals surface area contributed by atoms with Crippen LogP contribution in [0.5, 0.6) is 0 Å². The first-order valence-electron chi connectivity index (χ1n) is 6.83. The van der Waals surface area contributed by atoms with E-state index in [2.05, 4.69) is 35.5 Å². The van der Waals surface area contributed by atoms with Crippen LogP contribution in [0.15, 0.2) is 36.4 Å². The molecule has 2 rings (SSSR count). The minimum absolute atomic E-state index is 0.161. The molecule has 0 spiro atoms. The first kappa shape index (κ1) is 14.2. The minimum atomic E-state index is 0.161. The number of benzene rings is 1. The van der Waals surface area contributed by atoms with Gasteiger partial charge in [-0.3, -0.25) is 4.90 Å². The fourth-order valence-corrected chi connectivity index (χ4v) is 2.52. The number of rotatable bonds is 2. The van der Waals surface area contributed by atoms with Crippen LogP contribution in [-0.2, 0) is 0 Å². The number of nitrogens with zero attached hydrogens (tertiary/aromatic N) is 1. The quantitative estimate of drug-likeness (QED) is 0.720. The van der Waals surface area contributed by atoms with Crippen LogP contribution < -0.4 is 0 Å². The number of likely N-dealkylation sites (tertiary alicyclic amines) is 1. The summed E-state index contributed by atoms with van der Waals surface area (Å²) in [4.78, 5) is 2.46. The van der Waals surface area contributed by atoms with Crippen LogP contribution in [0.25, 0.3) is 0 Å². The molecule has 0 amide bonds. The number of allylic oxidation sites excluding steroid dienone is 1. The van der Waals surface area contributed by atoms with Crippen LogP contribution in [-0.4, -0.2) is 18.0 Å². The summed E-state index contributed by atoms with van der Waals surface area (Å²) in [6.07, 6.45) is 3.86. The van der Waals surface area contributed by atoms with E-state index in [1.807, 2.05) is 19.1 Å². The lowest BCUT2D eigenvalue weighted by molar-refractivity contribution is 0.197. The Morgan fingerprint density at radius 3 is 2.42 bits per heavy atom. The molecule has 1 aliphatic heterocycles. The van der Waals surface area contributed by atoms with E-state index in [-0.39, 0.29) is 6.04 Å². The largest absolute Gasteiger partial charge is 0.286 e. The number of hydrogen-bond acceptors (Lipinski definition) is 1. The molecule has 1 heterocycles. The number of halogens is 1. The second kappa shape index (κ2) is 6.80. The summed E-state index contributed by atoms with van der Waals surface area (Å²) in [5.74, 6) is 6.49. The zero-order chi connectivity index (χ0) is 13.7. The summed E-state index contributed by atoms with van der Waals surface area (Å²) in [5, 5.41) is 0.772. The standard InChI is InChI=1S/C17H20ClN/c1-14(2)6-11-17(19-12-4-3-5-13-19)15-7-9-16(18)10-8-15/h7-10,17H,1,3-5,12-13H2,2H3. The van der Waals surface area contributed by atoms with Gasteiger partial charge in [0.25, 0.3) is 0 Å². The molecular weight excluding hydrogens is 254 g/mol. The summed E-state index contributed by atoms with van der Waals surface area (Å²) in [7, 11) is 0. The first-order chi connectivity index (χ1) is 9.16. The Bertz CT molecular complexity index is 486. The van der Waals surface area contributed by atoms with Gasteiger partial charge in [-0.05, 0) is 56.1 Å². The van der Waals surface area contributed by atoms with Gasteiger partial charge in [-0.2, -0.15) is 0 Å². The van der Waals surface area contributed by atoms with E-state index < -0.39 is 0 Å². The third kappa shape index (κ3) is 4.13. The molecule has 0 radical (unpaired) electrons. The van der Waals surface area contributed by atoms with Crippen LogP contribution in [0.3, 0.4) is 0 Å². The molecule has 1 saturated heterocycles. The van der Waals surface area contributed by atoms with Gasteiger partial charge >= 0.3 is 0 Å². The van der Waals surface area contributed by atoms with E-state index in [9.17, 15) is 0 Å². The molecule has 2 heteroatoms.